The van der Waals surface area contributed by atoms with Gasteiger partial charge in [-0.15, -0.1) is 11.3 Å². The van der Waals surface area contributed by atoms with Gasteiger partial charge in [0.1, 0.15) is 5.82 Å². The third kappa shape index (κ3) is 3.82. The van der Waals surface area contributed by atoms with Gasteiger partial charge in [0.05, 0.1) is 11.5 Å². The van der Waals surface area contributed by atoms with Crippen LogP contribution in [0.1, 0.15) is 28.6 Å². The van der Waals surface area contributed by atoms with Gasteiger partial charge >= 0.3 is 0 Å². The van der Waals surface area contributed by atoms with Crippen molar-refractivity contribution in [3.05, 3.63) is 34.5 Å². The fraction of sp³-hybridized carbons (Fsp3) is 0.438. The lowest BCUT2D eigenvalue weighted by Crippen LogP contribution is -2.32. The van der Waals surface area contributed by atoms with E-state index < -0.39 is 0 Å². The molecular formula is C16H21FN2O2S. The number of amides is 1. The molecule has 2 aromatic rings. The van der Waals surface area contributed by atoms with Crippen molar-refractivity contribution in [2.45, 2.75) is 20.0 Å². The van der Waals surface area contributed by atoms with Gasteiger partial charge in [-0.05, 0) is 25.1 Å². The molecule has 0 unspecified atom stereocenters. The summed E-state index contributed by atoms with van der Waals surface area (Å²) in [5.41, 5.74) is 0.625. The van der Waals surface area contributed by atoms with Crippen LogP contribution in [0.4, 0.5) is 4.39 Å². The molecule has 0 saturated carbocycles. The van der Waals surface area contributed by atoms with Crippen molar-refractivity contribution in [3.8, 4) is 0 Å². The molecule has 4 nitrogen and oxygen atoms in total. The number of fused-ring (bicyclic) bond motifs is 1. The molecule has 2 N–H and O–H groups in total. The highest BCUT2D eigenvalue weighted by Crippen LogP contribution is 2.33. The standard InChI is InChI=1S/C16H21FN2O2S/c1-3-7-18-8-9-19-16(20)15-11(10-21-2)14-12(17)5-4-6-13(14)22-15/h4-6,18H,3,7-10H2,1-2H3,(H,19,20). The second-order valence-electron chi connectivity index (χ2n) is 4.96. The van der Waals surface area contributed by atoms with Crippen LogP contribution >= 0.6 is 11.3 Å². The minimum absolute atomic E-state index is 0.175. The second-order valence-corrected chi connectivity index (χ2v) is 6.01. The number of nitrogens with one attached hydrogen (secondary N) is 2. The van der Waals surface area contributed by atoms with Gasteiger partial charge in [0.15, 0.2) is 0 Å². The molecule has 0 aliphatic rings. The Hall–Kier alpha value is -1.50. The summed E-state index contributed by atoms with van der Waals surface area (Å²) in [5.74, 6) is -0.490. The van der Waals surface area contributed by atoms with Crippen molar-refractivity contribution < 1.29 is 13.9 Å². The van der Waals surface area contributed by atoms with Gasteiger partial charge in [0.25, 0.3) is 5.91 Å². The van der Waals surface area contributed by atoms with Gasteiger partial charge in [-0.3, -0.25) is 4.79 Å². The van der Waals surface area contributed by atoms with Crippen LogP contribution in [0.5, 0.6) is 0 Å². The lowest BCUT2D eigenvalue weighted by Gasteiger charge is -2.07. The molecule has 1 aromatic carbocycles. The third-order valence-electron chi connectivity index (χ3n) is 3.27. The number of methoxy groups -OCH3 is 1. The zero-order chi connectivity index (χ0) is 15.9. The topological polar surface area (TPSA) is 50.4 Å². The quantitative estimate of drug-likeness (QED) is 0.734. The van der Waals surface area contributed by atoms with Crippen LogP contribution in [0.2, 0.25) is 0 Å². The fourth-order valence-corrected chi connectivity index (χ4v) is 3.42. The number of carbonyl (C=O) groups excluding carboxylic acids is 1. The maximum absolute atomic E-state index is 14.0. The van der Waals surface area contributed by atoms with Crippen molar-refractivity contribution in [1.29, 1.82) is 0 Å². The van der Waals surface area contributed by atoms with Crippen LogP contribution in [0.3, 0.4) is 0 Å². The van der Waals surface area contributed by atoms with E-state index in [0.717, 1.165) is 24.2 Å². The van der Waals surface area contributed by atoms with Gasteiger partial charge in [-0.2, -0.15) is 0 Å². The highest BCUT2D eigenvalue weighted by molar-refractivity contribution is 7.21. The predicted octanol–water partition coefficient (Wildman–Crippen LogP) is 2.92. The summed E-state index contributed by atoms with van der Waals surface area (Å²) in [6.45, 7) is 4.51. The SMILES string of the molecule is CCCNCCNC(=O)c1sc2cccc(F)c2c1COC. The number of hydrogen-bond donors (Lipinski definition) is 2. The molecule has 1 aromatic heterocycles. The zero-order valence-corrected chi connectivity index (χ0v) is 13.7. The number of benzene rings is 1. The summed E-state index contributed by atoms with van der Waals surface area (Å²) in [6.07, 6.45) is 1.06. The highest BCUT2D eigenvalue weighted by atomic mass is 32.1. The third-order valence-corrected chi connectivity index (χ3v) is 4.47. The summed E-state index contributed by atoms with van der Waals surface area (Å²) in [5, 5.41) is 6.58. The lowest BCUT2D eigenvalue weighted by molar-refractivity contribution is 0.0954. The minimum atomic E-state index is -0.315. The number of rotatable bonds is 8. The number of thiophene rings is 1. The van der Waals surface area contributed by atoms with Gasteiger partial charge in [0, 0.05) is 35.8 Å². The summed E-state index contributed by atoms with van der Waals surface area (Å²) < 4.78 is 20.0. The molecule has 0 radical (unpaired) electrons. The summed E-state index contributed by atoms with van der Waals surface area (Å²) in [4.78, 5) is 12.9. The average Bonchev–Trinajstić information content (AvgIpc) is 2.87. The van der Waals surface area contributed by atoms with E-state index in [4.69, 9.17) is 4.74 Å². The van der Waals surface area contributed by atoms with Crippen LogP contribution in [0.25, 0.3) is 10.1 Å². The second kappa shape index (κ2) is 8.22. The maximum Gasteiger partial charge on any atom is 0.261 e. The molecule has 1 heterocycles. The largest absolute Gasteiger partial charge is 0.380 e. The van der Waals surface area contributed by atoms with Crippen molar-refractivity contribution in [3.63, 3.8) is 0 Å². The Morgan fingerprint density at radius 2 is 2.14 bits per heavy atom. The average molecular weight is 324 g/mol. The Morgan fingerprint density at radius 1 is 1.32 bits per heavy atom. The van der Waals surface area contributed by atoms with E-state index in [0.29, 0.717) is 22.4 Å². The molecule has 0 fully saturated rings. The van der Waals surface area contributed by atoms with E-state index in [1.54, 1.807) is 13.2 Å². The minimum Gasteiger partial charge on any atom is -0.380 e. The number of carbonyl (C=O) groups is 1. The van der Waals surface area contributed by atoms with Crippen LogP contribution in [-0.2, 0) is 11.3 Å². The van der Waals surface area contributed by atoms with Gasteiger partial charge in [-0.25, -0.2) is 4.39 Å². The fourth-order valence-electron chi connectivity index (χ4n) is 2.28. The lowest BCUT2D eigenvalue weighted by atomic mass is 10.1. The van der Waals surface area contributed by atoms with Crippen molar-refractivity contribution in [2.24, 2.45) is 0 Å². The number of ether oxygens (including phenoxy) is 1. The monoisotopic (exact) mass is 324 g/mol. The van der Waals surface area contributed by atoms with Crippen molar-refractivity contribution in [2.75, 3.05) is 26.7 Å². The summed E-state index contributed by atoms with van der Waals surface area (Å²) in [6, 6.07) is 4.88. The van der Waals surface area contributed by atoms with Gasteiger partial charge < -0.3 is 15.4 Å². The molecule has 0 spiro atoms. The van der Waals surface area contributed by atoms with Crippen LogP contribution < -0.4 is 10.6 Å². The van der Waals surface area contributed by atoms with E-state index in [-0.39, 0.29) is 18.3 Å². The van der Waals surface area contributed by atoms with Crippen LogP contribution in [0.15, 0.2) is 18.2 Å². The molecule has 2 rings (SSSR count). The van der Waals surface area contributed by atoms with Crippen LogP contribution in [-0.4, -0.2) is 32.7 Å². The van der Waals surface area contributed by atoms with Crippen LogP contribution in [0, 0.1) is 5.82 Å². The Balaban J connectivity index is 2.17. The first-order valence-electron chi connectivity index (χ1n) is 7.36. The smallest absolute Gasteiger partial charge is 0.261 e. The Bertz CT molecular complexity index is 642. The number of halogens is 1. The van der Waals surface area contributed by atoms with Crippen molar-refractivity contribution >= 4 is 27.3 Å². The first-order chi connectivity index (χ1) is 10.7. The zero-order valence-electron chi connectivity index (χ0n) is 12.9. The molecule has 22 heavy (non-hydrogen) atoms. The molecule has 0 bridgehead atoms. The molecule has 6 heteroatoms. The molecule has 0 saturated heterocycles. The van der Waals surface area contributed by atoms with Crippen molar-refractivity contribution in [1.82, 2.24) is 10.6 Å². The Kier molecular flexibility index (Phi) is 6.30. The normalized spacial score (nSPS) is 11.0. The first-order valence-corrected chi connectivity index (χ1v) is 8.18. The van der Waals surface area contributed by atoms with E-state index in [1.807, 2.05) is 6.07 Å². The summed E-state index contributed by atoms with van der Waals surface area (Å²) in [7, 11) is 1.54. The predicted molar refractivity (Wildman–Crippen MR) is 88.0 cm³/mol. The van der Waals surface area contributed by atoms with E-state index >= 15 is 0 Å². The van der Waals surface area contributed by atoms with E-state index in [1.165, 1.54) is 17.4 Å². The van der Waals surface area contributed by atoms with E-state index in [2.05, 4.69) is 17.6 Å². The molecule has 0 aliphatic heterocycles. The molecule has 0 aliphatic carbocycles. The molecule has 1 amide bonds. The van der Waals surface area contributed by atoms with Gasteiger partial charge in [-0.1, -0.05) is 13.0 Å². The molecule has 0 atom stereocenters. The Morgan fingerprint density at radius 3 is 2.86 bits per heavy atom. The molecular weight excluding hydrogens is 303 g/mol. The molecule has 120 valence electrons. The number of hydrogen-bond acceptors (Lipinski definition) is 4. The first kappa shape index (κ1) is 16.9. The summed E-state index contributed by atoms with van der Waals surface area (Å²) >= 11 is 1.30. The van der Waals surface area contributed by atoms with E-state index in [9.17, 15) is 9.18 Å². The maximum atomic E-state index is 14.0. The Labute approximate surface area is 133 Å². The van der Waals surface area contributed by atoms with Gasteiger partial charge in [0.2, 0.25) is 0 Å². The highest BCUT2D eigenvalue weighted by Gasteiger charge is 2.20.